The Labute approximate surface area is 96.6 Å². The van der Waals surface area contributed by atoms with E-state index in [2.05, 4.69) is 18.5 Å². The molecule has 1 aliphatic heterocycles. The van der Waals surface area contributed by atoms with Gasteiger partial charge in [-0.25, -0.2) is 4.39 Å². The second-order valence-electron chi connectivity index (χ2n) is 4.61. The highest BCUT2D eigenvalue weighted by molar-refractivity contribution is 5.65. The summed E-state index contributed by atoms with van der Waals surface area (Å²) < 4.78 is 12.8. The van der Waals surface area contributed by atoms with Gasteiger partial charge >= 0.3 is 0 Å². The maximum absolute atomic E-state index is 12.8. The highest BCUT2D eigenvalue weighted by Crippen LogP contribution is 2.29. The van der Waals surface area contributed by atoms with Crippen molar-refractivity contribution in [3.05, 3.63) is 42.2 Å². The van der Waals surface area contributed by atoms with Gasteiger partial charge in [0.05, 0.1) is 0 Å². The van der Waals surface area contributed by atoms with Crippen LogP contribution >= 0.6 is 0 Å². The minimum Gasteiger partial charge on any atom is -0.306 e. The van der Waals surface area contributed by atoms with Crippen LogP contribution in [0, 0.1) is 11.7 Å². The van der Waals surface area contributed by atoms with Gasteiger partial charge in [0.25, 0.3) is 0 Å². The molecule has 0 spiro atoms. The van der Waals surface area contributed by atoms with Crippen molar-refractivity contribution in [2.75, 3.05) is 20.1 Å². The van der Waals surface area contributed by atoms with Crippen molar-refractivity contribution >= 4 is 5.57 Å². The van der Waals surface area contributed by atoms with Crippen LogP contribution in [0.5, 0.6) is 0 Å². The molecule has 1 aromatic rings. The zero-order chi connectivity index (χ0) is 11.5. The topological polar surface area (TPSA) is 3.24 Å². The second kappa shape index (κ2) is 4.79. The molecule has 0 saturated carbocycles. The molecule has 0 amide bonds. The number of halogens is 1. The number of rotatable bonds is 2. The molecule has 0 aliphatic carbocycles. The first-order valence-corrected chi connectivity index (χ1v) is 5.80. The predicted molar refractivity (Wildman–Crippen MR) is 65.7 cm³/mol. The largest absolute Gasteiger partial charge is 0.306 e. The second-order valence-corrected chi connectivity index (χ2v) is 4.61. The lowest BCUT2D eigenvalue weighted by molar-refractivity contribution is 0.248. The van der Waals surface area contributed by atoms with Gasteiger partial charge in [0.1, 0.15) is 5.82 Å². The van der Waals surface area contributed by atoms with E-state index in [1.807, 2.05) is 12.1 Å². The number of likely N-dealkylation sites (tertiary alicyclic amines) is 1. The summed E-state index contributed by atoms with van der Waals surface area (Å²) in [6.07, 6.45) is 2.32. The Balaban J connectivity index is 2.05. The number of benzene rings is 1. The van der Waals surface area contributed by atoms with Gasteiger partial charge in [-0.1, -0.05) is 18.7 Å². The summed E-state index contributed by atoms with van der Waals surface area (Å²) in [5.41, 5.74) is 2.24. The fourth-order valence-electron chi connectivity index (χ4n) is 2.26. The molecule has 0 bridgehead atoms. The van der Waals surface area contributed by atoms with E-state index in [1.54, 1.807) is 0 Å². The highest BCUT2D eigenvalue weighted by atomic mass is 19.1. The lowest BCUT2D eigenvalue weighted by Gasteiger charge is -2.30. The monoisotopic (exact) mass is 219 g/mol. The summed E-state index contributed by atoms with van der Waals surface area (Å²) in [5, 5.41) is 0. The summed E-state index contributed by atoms with van der Waals surface area (Å²) in [4.78, 5) is 2.34. The van der Waals surface area contributed by atoms with Gasteiger partial charge in [-0.15, -0.1) is 0 Å². The quantitative estimate of drug-likeness (QED) is 0.738. The van der Waals surface area contributed by atoms with Crippen molar-refractivity contribution in [2.45, 2.75) is 12.8 Å². The molecule has 1 aliphatic rings. The van der Waals surface area contributed by atoms with Gasteiger partial charge in [0, 0.05) is 0 Å². The van der Waals surface area contributed by atoms with Crippen LogP contribution in [0.15, 0.2) is 30.8 Å². The van der Waals surface area contributed by atoms with E-state index in [-0.39, 0.29) is 5.82 Å². The number of nitrogens with zero attached hydrogens (tertiary/aromatic N) is 1. The van der Waals surface area contributed by atoms with E-state index in [1.165, 1.54) is 12.1 Å². The van der Waals surface area contributed by atoms with Gasteiger partial charge in [-0.05, 0) is 62.2 Å². The SMILES string of the molecule is C=C(c1ccc(F)cc1)C1CCN(C)CC1. The van der Waals surface area contributed by atoms with E-state index in [0.29, 0.717) is 5.92 Å². The van der Waals surface area contributed by atoms with Crippen LogP contribution in [0.4, 0.5) is 4.39 Å². The van der Waals surface area contributed by atoms with Crippen LogP contribution in [-0.4, -0.2) is 25.0 Å². The Morgan fingerprint density at radius 3 is 2.38 bits per heavy atom. The molecule has 1 nitrogen and oxygen atoms in total. The molecule has 1 heterocycles. The Bertz CT molecular complexity index is 361. The number of piperidine rings is 1. The third kappa shape index (κ3) is 2.50. The van der Waals surface area contributed by atoms with E-state index >= 15 is 0 Å². The molecule has 0 radical (unpaired) electrons. The zero-order valence-electron chi connectivity index (χ0n) is 9.75. The van der Waals surface area contributed by atoms with Crippen molar-refractivity contribution in [1.29, 1.82) is 0 Å². The van der Waals surface area contributed by atoms with Crippen LogP contribution in [-0.2, 0) is 0 Å². The van der Waals surface area contributed by atoms with Crippen molar-refractivity contribution in [3.63, 3.8) is 0 Å². The maximum atomic E-state index is 12.8. The van der Waals surface area contributed by atoms with Crippen LogP contribution in [0.25, 0.3) is 5.57 Å². The Morgan fingerprint density at radius 1 is 1.25 bits per heavy atom. The minimum atomic E-state index is -0.181. The molecule has 0 unspecified atom stereocenters. The number of hydrogen-bond acceptors (Lipinski definition) is 1. The smallest absolute Gasteiger partial charge is 0.123 e. The molecule has 2 heteroatoms. The molecule has 2 rings (SSSR count). The van der Waals surface area contributed by atoms with Gasteiger partial charge in [-0.3, -0.25) is 0 Å². The first-order valence-electron chi connectivity index (χ1n) is 5.80. The lowest BCUT2D eigenvalue weighted by atomic mass is 9.86. The standard InChI is InChI=1S/C14H18FN/c1-11(12-3-5-14(15)6-4-12)13-7-9-16(2)10-8-13/h3-6,13H,1,7-10H2,2H3. The van der Waals surface area contributed by atoms with Gasteiger partial charge in [-0.2, -0.15) is 0 Å². The summed E-state index contributed by atoms with van der Waals surface area (Å²) in [7, 11) is 2.15. The summed E-state index contributed by atoms with van der Waals surface area (Å²) in [6, 6.07) is 6.68. The number of hydrogen-bond donors (Lipinski definition) is 0. The molecule has 0 atom stereocenters. The van der Waals surface area contributed by atoms with E-state index < -0.39 is 0 Å². The Hall–Kier alpha value is -1.15. The van der Waals surface area contributed by atoms with Crippen molar-refractivity contribution < 1.29 is 4.39 Å². The first kappa shape index (κ1) is 11.3. The van der Waals surface area contributed by atoms with Crippen LogP contribution < -0.4 is 0 Å². The molecule has 1 saturated heterocycles. The van der Waals surface area contributed by atoms with Crippen LogP contribution in [0.1, 0.15) is 18.4 Å². The van der Waals surface area contributed by atoms with Gasteiger partial charge < -0.3 is 4.90 Å². The van der Waals surface area contributed by atoms with Crippen LogP contribution in [0.3, 0.4) is 0 Å². The fourth-order valence-corrected chi connectivity index (χ4v) is 2.26. The summed E-state index contributed by atoms with van der Waals surface area (Å²) in [5.74, 6) is 0.376. The first-order chi connectivity index (χ1) is 7.66. The molecule has 0 aromatic heterocycles. The summed E-state index contributed by atoms with van der Waals surface area (Å²) >= 11 is 0. The highest BCUT2D eigenvalue weighted by Gasteiger charge is 2.19. The van der Waals surface area contributed by atoms with Gasteiger partial charge in [0.15, 0.2) is 0 Å². The third-order valence-corrected chi connectivity index (χ3v) is 3.43. The predicted octanol–water partition coefficient (Wildman–Crippen LogP) is 3.18. The van der Waals surface area contributed by atoms with Crippen molar-refractivity contribution in [1.82, 2.24) is 4.90 Å². The molecule has 86 valence electrons. The molecule has 16 heavy (non-hydrogen) atoms. The zero-order valence-corrected chi connectivity index (χ0v) is 9.75. The average Bonchev–Trinajstić information content (AvgIpc) is 2.30. The molecular formula is C14H18FN. The van der Waals surface area contributed by atoms with Gasteiger partial charge in [0.2, 0.25) is 0 Å². The fraction of sp³-hybridized carbons (Fsp3) is 0.429. The van der Waals surface area contributed by atoms with E-state index in [4.69, 9.17) is 0 Å². The average molecular weight is 219 g/mol. The Morgan fingerprint density at radius 2 is 1.81 bits per heavy atom. The third-order valence-electron chi connectivity index (χ3n) is 3.43. The molecular weight excluding hydrogens is 201 g/mol. The van der Waals surface area contributed by atoms with Crippen LogP contribution in [0.2, 0.25) is 0 Å². The minimum absolute atomic E-state index is 0.181. The Kier molecular flexibility index (Phi) is 3.39. The molecule has 1 aromatic carbocycles. The van der Waals surface area contributed by atoms with Crippen molar-refractivity contribution in [2.24, 2.45) is 5.92 Å². The lowest BCUT2D eigenvalue weighted by Crippen LogP contribution is -2.30. The van der Waals surface area contributed by atoms with E-state index in [9.17, 15) is 4.39 Å². The maximum Gasteiger partial charge on any atom is 0.123 e. The summed E-state index contributed by atoms with van der Waals surface area (Å²) in [6.45, 7) is 6.42. The normalized spacial score (nSPS) is 18.6. The van der Waals surface area contributed by atoms with Crippen molar-refractivity contribution in [3.8, 4) is 0 Å². The molecule has 1 fully saturated rings. The van der Waals surface area contributed by atoms with E-state index in [0.717, 1.165) is 37.1 Å². The molecule has 0 N–H and O–H groups in total. The number of allylic oxidation sites excluding steroid dienone is 1.